The number of amides is 1. The summed E-state index contributed by atoms with van der Waals surface area (Å²) in [6.07, 6.45) is 3.19. The van der Waals surface area contributed by atoms with Gasteiger partial charge in [0.2, 0.25) is 0 Å². The van der Waals surface area contributed by atoms with Crippen LogP contribution in [0.1, 0.15) is 23.2 Å². The lowest BCUT2D eigenvalue weighted by Crippen LogP contribution is -2.41. The van der Waals surface area contributed by atoms with Crippen molar-refractivity contribution in [2.24, 2.45) is 0 Å². The molecule has 28 heavy (non-hydrogen) atoms. The maximum Gasteiger partial charge on any atom is 0.271 e. The third-order valence-corrected chi connectivity index (χ3v) is 5.90. The van der Waals surface area contributed by atoms with Gasteiger partial charge in [-0.2, -0.15) is 0 Å². The molecule has 0 saturated carbocycles. The average Bonchev–Trinajstić information content (AvgIpc) is 3.36. The van der Waals surface area contributed by atoms with Crippen LogP contribution in [0.2, 0.25) is 0 Å². The molecule has 146 valence electrons. The van der Waals surface area contributed by atoms with E-state index in [9.17, 15) is 9.59 Å². The van der Waals surface area contributed by atoms with Gasteiger partial charge in [-0.3, -0.25) is 14.0 Å². The summed E-state index contributed by atoms with van der Waals surface area (Å²) in [6, 6.07) is 7.45. The van der Waals surface area contributed by atoms with Gasteiger partial charge >= 0.3 is 0 Å². The van der Waals surface area contributed by atoms with Crippen LogP contribution in [0.25, 0.3) is 16.2 Å². The van der Waals surface area contributed by atoms with Crippen LogP contribution in [0.4, 0.5) is 0 Å². The number of hydrogen-bond donors (Lipinski definition) is 0. The molecule has 8 heteroatoms. The maximum atomic E-state index is 13.2. The second-order valence-corrected chi connectivity index (χ2v) is 7.53. The Morgan fingerprint density at radius 3 is 2.79 bits per heavy atom. The SMILES string of the molecule is COCC1CCCN1C(=O)c1cnc2scc(-c3ccc(OC)cc3)n2c1=O. The van der Waals surface area contributed by atoms with Crippen molar-refractivity contribution in [3.8, 4) is 17.0 Å². The highest BCUT2D eigenvalue weighted by Gasteiger charge is 2.31. The molecular weight excluding hydrogens is 378 g/mol. The van der Waals surface area contributed by atoms with Crippen LogP contribution in [0.5, 0.6) is 5.75 Å². The molecule has 1 atom stereocenters. The highest BCUT2D eigenvalue weighted by molar-refractivity contribution is 7.15. The monoisotopic (exact) mass is 399 g/mol. The summed E-state index contributed by atoms with van der Waals surface area (Å²) in [5, 5.41) is 1.88. The van der Waals surface area contributed by atoms with Crippen LogP contribution in [0.15, 0.2) is 40.6 Å². The number of fused-ring (bicyclic) bond motifs is 1. The van der Waals surface area contributed by atoms with Gasteiger partial charge in [-0.25, -0.2) is 4.98 Å². The lowest BCUT2D eigenvalue weighted by atomic mass is 10.1. The summed E-state index contributed by atoms with van der Waals surface area (Å²) in [4.78, 5) is 32.9. The topological polar surface area (TPSA) is 73.1 Å². The third kappa shape index (κ3) is 3.18. The van der Waals surface area contributed by atoms with E-state index in [1.807, 2.05) is 29.6 Å². The van der Waals surface area contributed by atoms with Crippen LogP contribution >= 0.6 is 11.3 Å². The number of carbonyl (C=O) groups excluding carboxylic acids is 1. The lowest BCUT2D eigenvalue weighted by Gasteiger charge is -2.23. The fourth-order valence-electron chi connectivity index (χ4n) is 3.63. The molecule has 3 aromatic rings. The Morgan fingerprint density at radius 1 is 1.29 bits per heavy atom. The number of hydrogen-bond acceptors (Lipinski definition) is 6. The maximum absolute atomic E-state index is 13.2. The first-order valence-electron chi connectivity index (χ1n) is 9.07. The molecular formula is C20H21N3O4S. The molecule has 0 spiro atoms. The van der Waals surface area contributed by atoms with Crippen LogP contribution in [-0.4, -0.2) is 53.6 Å². The molecule has 0 N–H and O–H groups in total. The van der Waals surface area contributed by atoms with Crippen molar-refractivity contribution in [1.82, 2.24) is 14.3 Å². The van der Waals surface area contributed by atoms with Gasteiger partial charge in [0, 0.05) is 25.2 Å². The predicted octanol–water partition coefficient (Wildman–Crippen LogP) is 2.68. The highest BCUT2D eigenvalue weighted by Crippen LogP contribution is 2.26. The number of methoxy groups -OCH3 is 2. The van der Waals surface area contributed by atoms with E-state index in [1.54, 1.807) is 19.1 Å². The molecule has 1 fully saturated rings. The molecule has 1 unspecified atom stereocenters. The number of ether oxygens (including phenoxy) is 2. The van der Waals surface area contributed by atoms with Crippen molar-refractivity contribution in [2.75, 3.05) is 27.4 Å². The molecule has 1 aliphatic heterocycles. The zero-order valence-electron chi connectivity index (χ0n) is 15.8. The van der Waals surface area contributed by atoms with Crippen LogP contribution in [0.3, 0.4) is 0 Å². The first-order chi connectivity index (χ1) is 13.6. The van der Waals surface area contributed by atoms with Crippen molar-refractivity contribution >= 4 is 22.2 Å². The van der Waals surface area contributed by atoms with Crippen molar-refractivity contribution < 1.29 is 14.3 Å². The van der Waals surface area contributed by atoms with E-state index in [1.165, 1.54) is 21.9 Å². The van der Waals surface area contributed by atoms with Crippen LogP contribution in [-0.2, 0) is 4.74 Å². The Hall–Kier alpha value is -2.71. The van der Waals surface area contributed by atoms with E-state index in [4.69, 9.17) is 9.47 Å². The minimum absolute atomic E-state index is 0.00105. The number of likely N-dealkylation sites (tertiary alicyclic amines) is 1. The Bertz CT molecular complexity index is 1060. The first kappa shape index (κ1) is 18.6. The van der Waals surface area contributed by atoms with Crippen LogP contribution in [0, 0.1) is 0 Å². The summed E-state index contributed by atoms with van der Waals surface area (Å²) in [7, 11) is 3.23. The first-order valence-corrected chi connectivity index (χ1v) is 9.95. The van der Waals surface area contributed by atoms with Gasteiger partial charge in [-0.05, 0) is 42.7 Å². The second kappa shape index (κ2) is 7.73. The molecule has 3 heterocycles. The zero-order chi connectivity index (χ0) is 19.7. The van der Waals surface area contributed by atoms with Gasteiger partial charge in [0.05, 0.1) is 25.5 Å². The molecule has 2 aromatic heterocycles. The van der Waals surface area contributed by atoms with E-state index in [2.05, 4.69) is 4.98 Å². The Morgan fingerprint density at radius 2 is 2.07 bits per heavy atom. The smallest absolute Gasteiger partial charge is 0.271 e. The molecule has 7 nitrogen and oxygen atoms in total. The number of thiazole rings is 1. The van der Waals surface area contributed by atoms with Gasteiger partial charge in [-0.1, -0.05) is 0 Å². The average molecular weight is 399 g/mol. The van der Waals surface area contributed by atoms with Crippen molar-refractivity contribution in [2.45, 2.75) is 18.9 Å². The minimum Gasteiger partial charge on any atom is -0.497 e. The summed E-state index contributed by atoms with van der Waals surface area (Å²) in [5.74, 6) is 0.459. The van der Waals surface area contributed by atoms with Gasteiger partial charge in [0.15, 0.2) is 4.96 Å². The summed E-state index contributed by atoms with van der Waals surface area (Å²) in [5.41, 5.74) is 1.32. The quantitative estimate of drug-likeness (QED) is 0.660. The van der Waals surface area contributed by atoms with Crippen molar-refractivity contribution in [1.29, 1.82) is 0 Å². The number of benzene rings is 1. The third-order valence-electron chi connectivity index (χ3n) is 5.06. The molecule has 1 aromatic carbocycles. The highest BCUT2D eigenvalue weighted by atomic mass is 32.1. The fraction of sp³-hybridized carbons (Fsp3) is 0.350. The molecule has 0 aliphatic carbocycles. The van der Waals surface area contributed by atoms with Crippen molar-refractivity contribution in [3.05, 3.63) is 51.8 Å². The lowest BCUT2D eigenvalue weighted by molar-refractivity contribution is 0.0628. The van der Waals surface area contributed by atoms with Crippen LogP contribution < -0.4 is 10.3 Å². The summed E-state index contributed by atoms with van der Waals surface area (Å²) < 4.78 is 11.9. The Balaban J connectivity index is 1.76. The molecule has 0 bridgehead atoms. The van der Waals surface area contributed by atoms with Gasteiger partial charge in [0.25, 0.3) is 11.5 Å². The number of aromatic nitrogens is 2. The second-order valence-electron chi connectivity index (χ2n) is 6.69. The van der Waals surface area contributed by atoms with E-state index in [0.29, 0.717) is 23.8 Å². The molecule has 1 saturated heterocycles. The number of rotatable bonds is 5. The van der Waals surface area contributed by atoms with Crippen molar-refractivity contribution in [3.63, 3.8) is 0 Å². The Labute approximate surface area is 166 Å². The summed E-state index contributed by atoms with van der Waals surface area (Å²) in [6.45, 7) is 1.10. The van der Waals surface area contributed by atoms with E-state index >= 15 is 0 Å². The predicted molar refractivity (Wildman–Crippen MR) is 107 cm³/mol. The fourth-order valence-corrected chi connectivity index (χ4v) is 4.48. The zero-order valence-corrected chi connectivity index (χ0v) is 16.6. The van der Waals surface area contributed by atoms with E-state index in [0.717, 1.165) is 24.2 Å². The molecule has 0 radical (unpaired) electrons. The molecule has 1 amide bonds. The molecule has 4 rings (SSSR count). The van der Waals surface area contributed by atoms with E-state index < -0.39 is 0 Å². The standard InChI is InChI=1S/C20H21N3O4S/c1-26-11-14-4-3-9-22(14)18(24)16-10-21-20-23(19(16)25)17(12-28-20)13-5-7-15(27-2)8-6-13/h5-8,10,12,14H,3-4,9,11H2,1-2H3. The van der Waals surface area contributed by atoms with Gasteiger partial charge < -0.3 is 14.4 Å². The number of carbonyl (C=O) groups is 1. The molecule has 1 aliphatic rings. The van der Waals surface area contributed by atoms with Gasteiger partial charge in [0.1, 0.15) is 11.3 Å². The normalized spacial score (nSPS) is 16.6. The van der Waals surface area contributed by atoms with Gasteiger partial charge in [-0.15, -0.1) is 11.3 Å². The Kier molecular flexibility index (Phi) is 5.15. The minimum atomic E-state index is -0.342. The number of nitrogens with zero attached hydrogens (tertiary/aromatic N) is 3. The van der Waals surface area contributed by atoms with E-state index in [-0.39, 0.29) is 23.1 Å². The summed E-state index contributed by atoms with van der Waals surface area (Å²) >= 11 is 1.37. The largest absolute Gasteiger partial charge is 0.497 e.